The number of furan rings is 1. The summed E-state index contributed by atoms with van der Waals surface area (Å²) in [6.07, 6.45) is 8.35. The molecule has 34 heavy (non-hydrogen) atoms. The maximum atomic E-state index is 15.9. The van der Waals surface area contributed by atoms with Gasteiger partial charge in [-0.25, -0.2) is 9.37 Å². The number of H-pyrrole nitrogens is 2. The van der Waals surface area contributed by atoms with Crippen molar-refractivity contribution in [3.63, 3.8) is 0 Å². The normalized spacial score (nSPS) is 11.6. The molecule has 0 aliphatic heterocycles. The third-order valence-electron chi connectivity index (χ3n) is 5.77. The molecule has 1 aromatic carbocycles. The first-order valence-corrected chi connectivity index (χ1v) is 10.9. The summed E-state index contributed by atoms with van der Waals surface area (Å²) in [6.45, 7) is 3.56. The van der Waals surface area contributed by atoms with Gasteiger partial charge >= 0.3 is 0 Å². The second-order valence-electron chi connectivity index (χ2n) is 7.94. The number of aromatic amines is 2. The molecule has 0 aliphatic rings. The van der Waals surface area contributed by atoms with Crippen molar-refractivity contribution in [3.8, 4) is 33.9 Å². The minimum atomic E-state index is -0.378. The van der Waals surface area contributed by atoms with Gasteiger partial charge < -0.3 is 14.7 Å². The Balaban J connectivity index is 1.48. The number of fused-ring (bicyclic) bond motifs is 2. The molecule has 0 spiro atoms. The second kappa shape index (κ2) is 8.20. The van der Waals surface area contributed by atoms with Crippen molar-refractivity contribution < 1.29 is 8.81 Å². The van der Waals surface area contributed by atoms with E-state index in [0.717, 1.165) is 23.2 Å². The molecule has 6 aromatic rings. The van der Waals surface area contributed by atoms with E-state index in [0.29, 0.717) is 51.3 Å². The van der Waals surface area contributed by atoms with Gasteiger partial charge in [0.15, 0.2) is 5.82 Å². The molecule has 9 heteroatoms. The highest BCUT2D eigenvalue weighted by molar-refractivity contribution is 5.98. The summed E-state index contributed by atoms with van der Waals surface area (Å²) in [5, 5.41) is 10.9. The van der Waals surface area contributed by atoms with E-state index in [1.165, 1.54) is 0 Å². The zero-order chi connectivity index (χ0) is 23.1. The van der Waals surface area contributed by atoms with E-state index in [1.807, 2.05) is 31.2 Å². The van der Waals surface area contributed by atoms with Crippen LogP contribution in [0.1, 0.15) is 12.5 Å². The van der Waals surface area contributed by atoms with Crippen molar-refractivity contribution in [1.29, 1.82) is 0 Å². The molecular formula is C25H20FN7O. The van der Waals surface area contributed by atoms with E-state index in [1.54, 1.807) is 37.2 Å². The van der Waals surface area contributed by atoms with Gasteiger partial charge in [-0.2, -0.15) is 5.10 Å². The van der Waals surface area contributed by atoms with E-state index in [9.17, 15) is 0 Å². The van der Waals surface area contributed by atoms with Crippen molar-refractivity contribution in [2.75, 3.05) is 6.54 Å². The van der Waals surface area contributed by atoms with Gasteiger partial charge in [-0.3, -0.25) is 15.1 Å². The predicted octanol–water partition coefficient (Wildman–Crippen LogP) is 5.07. The van der Waals surface area contributed by atoms with E-state index in [4.69, 9.17) is 9.40 Å². The maximum Gasteiger partial charge on any atom is 0.159 e. The summed E-state index contributed by atoms with van der Waals surface area (Å²) in [4.78, 5) is 16.7. The molecule has 0 unspecified atom stereocenters. The highest BCUT2D eigenvalue weighted by Crippen LogP contribution is 2.35. The van der Waals surface area contributed by atoms with Crippen LogP contribution in [0, 0.1) is 5.82 Å². The minimum Gasteiger partial charge on any atom is -0.472 e. The molecule has 0 saturated heterocycles. The number of hydrogen-bond donors (Lipinski definition) is 3. The van der Waals surface area contributed by atoms with Crippen LogP contribution in [0.15, 0.2) is 65.9 Å². The van der Waals surface area contributed by atoms with Crippen molar-refractivity contribution in [2.45, 2.75) is 13.5 Å². The van der Waals surface area contributed by atoms with E-state index < -0.39 is 0 Å². The fourth-order valence-corrected chi connectivity index (χ4v) is 4.13. The van der Waals surface area contributed by atoms with Crippen LogP contribution >= 0.6 is 0 Å². The van der Waals surface area contributed by atoms with Crippen molar-refractivity contribution >= 4 is 21.9 Å². The maximum absolute atomic E-state index is 15.9. The Labute approximate surface area is 193 Å². The quantitative estimate of drug-likeness (QED) is 0.325. The molecule has 0 saturated carbocycles. The Bertz CT molecular complexity index is 1620. The standard InChI is InChI=1S/C25H20FN7O/c1-2-27-10-14-9-16(12-28-11-14)17-3-4-18-20(21(17)26)24(33-32-18)25-30-19-5-7-29-22(23(19)31-25)15-6-8-34-13-15/h3-9,11-13,27H,2,10H2,1H3,(H,30,31)(H,32,33). The second-order valence-corrected chi connectivity index (χ2v) is 7.94. The third kappa shape index (κ3) is 3.34. The number of pyridine rings is 2. The van der Waals surface area contributed by atoms with E-state index in [2.05, 4.69) is 30.5 Å². The number of halogens is 1. The van der Waals surface area contributed by atoms with Gasteiger partial charge in [0.1, 0.15) is 22.7 Å². The van der Waals surface area contributed by atoms with E-state index in [-0.39, 0.29) is 5.82 Å². The molecule has 0 fully saturated rings. The summed E-state index contributed by atoms with van der Waals surface area (Å²) < 4.78 is 21.1. The van der Waals surface area contributed by atoms with Gasteiger partial charge in [-0.05, 0) is 42.4 Å². The fraction of sp³-hybridized carbons (Fsp3) is 0.120. The van der Waals surface area contributed by atoms with Crippen LogP contribution in [0.25, 0.3) is 55.8 Å². The van der Waals surface area contributed by atoms with Crippen LogP contribution in [-0.2, 0) is 6.54 Å². The highest BCUT2D eigenvalue weighted by atomic mass is 19.1. The summed E-state index contributed by atoms with van der Waals surface area (Å²) in [7, 11) is 0. The number of imidazole rings is 1. The van der Waals surface area contributed by atoms with Gasteiger partial charge in [-0.15, -0.1) is 0 Å². The SMILES string of the molecule is CCNCc1cncc(-c2ccc3[nH]nc(-c4nc5c(-c6ccoc6)nccc5[nH]4)c3c2F)c1. The Morgan fingerprint density at radius 3 is 2.85 bits per heavy atom. The number of nitrogens with one attached hydrogen (secondary N) is 3. The van der Waals surface area contributed by atoms with Crippen LogP contribution in [0.2, 0.25) is 0 Å². The molecule has 8 nitrogen and oxygen atoms in total. The highest BCUT2D eigenvalue weighted by Gasteiger charge is 2.20. The van der Waals surface area contributed by atoms with Crippen molar-refractivity contribution in [1.82, 2.24) is 35.5 Å². The molecule has 3 N–H and O–H groups in total. The summed E-state index contributed by atoms with van der Waals surface area (Å²) in [6, 6.07) is 9.16. The number of nitrogens with zero attached hydrogens (tertiary/aromatic N) is 4. The lowest BCUT2D eigenvalue weighted by atomic mass is 10.0. The third-order valence-corrected chi connectivity index (χ3v) is 5.77. The topological polar surface area (TPSA) is 108 Å². The van der Waals surface area contributed by atoms with Gasteiger partial charge in [0.2, 0.25) is 0 Å². The first kappa shape index (κ1) is 20.3. The molecule has 0 radical (unpaired) electrons. The Morgan fingerprint density at radius 2 is 2.00 bits per heavy atom. The first-order valence-electron chi connectivity index (χ1n) is 10.9. The molecule has 6 rings (SSSR count). The molecule has 5 aromatic heterocycles. The van der Waals surface area contributed by atoms with E-state index >= 15 is 4.39 Å². The van der Waals surface area contributed by atoms with Crippen molar-refractivity contribution in [2.24, 2.45) is 0 Å². The van der Waals surface area contributed by atoms with Gasteiger partial charge in [0.05, 0.1) is 28.9 Å². The zero-order valence-corrected chi connectivity index (χ0v) is 18.3. The molecule has 0 amide bonds. The molecule has 0 atom stereocenters. The Morgan fingerprint density at radius 1 is 1.06 bits per heavy atom. The molecule has 0 aliphatic carbocycles. The predicted molar refractivity (Wildman–Crippen MR) is 127 cm³/mol. The van der Waals surface area contributed by atoms with Crippen LogP contribution in [0.5, 0.6) is 0 Å². The lowest BCUT2D eigenvalue weighted by Crippen LogP contribution is -2.11. The monoisotopic (exact) mass is 453 g/mol. The molecule has 168 valence electrons. The molecule has 5 heterocycles. The number of hydrogen-bond acceptors (Lipinski definition) is 6. The van der Waals surface area contributed by atoms with Crippen LogP contribution in [0.3, 0.4) is 0 Å². The van der Waals surface area contributed by atoms with Gasteiger partial charge in [0.25, 0.3) is 0 Å². The minimum absolute atomic E-state index is 0.367. The lowest BCUT2D eigenvalue weighted by molar-refractivity contribution is 0.568. The first-order chi connectivity index (χ1) is 16.7. The van der Waals surface area contributed by atoms with Crippen LogP contribution < -0.4 is 5.32 Å². The summed E-state index contributed by atoms with van der Waals surface area (Å²) in [5.74, 6) is 0.0753. The Kier molecular flexibility index (Phi) is 4.88. The number of benzene rings is 1. The average molecular weight is 453 g/mol. The van der Waals surface area contributed by atoms with Crippen molar-refractivity contribution in [3.05, 3.63) is 72.8 Å². The van der Waals surface area contributed by atoms with Crippen LogP contribution in [-0.4, -0.2) is 36.7 Å². The molecular weight excluding hydrogens is 433 g/mol. The number of rotatable bonds is 6. The number of aromatic nitrogens is 6. The zero-order valence-electron chi connectivity index (χ0n) is 18.3. The van der Waals surface area contributed by atoms with Gasteiger partial charge in [-0.1, -0.05) is 6.92 Å². The largest absolute Gasteiger partial charge is 0.472 e. The average Bonchev–Trinajstić information content (AvgIpc) is 3.62. The molecule has 0 bridgehead atoms. The summed E-state index contributed by atoms with van der Waals surface area (Å²) >= 11 is 0. The van der Waals surface area contributed by atoms with Crippen LogP contribution in [0.4, 0.5) is 4.39 Å². The fourth-order valence-electron chi connectivity index (χ4n) is 4.13. The lowest BCUT2D eigenvalue weighted by Gasteiger charge is -2.07. The van der Waals surface area contributed by atoms with Gasteiger partial charge in [0, 0.05) is 41.8 Å². The Hall–Kier alpha value is -4.37. The smallest absolute Gasteiger partial charge is 0.159 e. The summed E-state index contributed by atoms with van der Waals surface area (Å²) in [5.41, 5.74) is 6.06.